The normalized spacial score (nSPS) is 15.7. The number of carbonyl (C=O) groups excluding carboxylic acids is 1. The lowest BCUT2D eigenvalue weighted by Gasteiger charge is -2.42. The lowest BCUT2D eigenvalue weighted by atomic mass is 9.73. The molecule has 0 atom stereocenters. The third kappa shape index (κ3) is 3.69. The van der Waals surface area contributed by atoms with Crippen molar-refractivity contribution in [3.63, 3.8) is 0 Å². The zero-order chi connectivity index (χ0) is 27.3. The molecular weight excluding hydrogens is 478 g/mol. The second kappa shape index (κ2) is 8.98. The summed E-state index contributed by atoms with van der Waals surface area (Å²) < 4.78 is 0. The van der Waals surface area contributed by atoms with E-state index in [4.69, 9.17) is 0 Å². The highest BCUT2D eigenvalue weighted by Crippen LogP contribution is 2.52. The summed E-state index contributed by atoms with van der Waals surface area (Å²) in [4.78, 5) is 15.9. The summed E-state index contributed by atoms with van der Waals surface area (Å²) >= 11 is 0. The molecule has 1 aliphatic carbocycles. The molecule has 1 heterocycles. The van der Waals surface area contributed by atoms with Gasteiger partial charge in [0.05, 0.1) is 11.4 Å². The molecule has 0 amide bonds. The highest BCUT2D eigenvalue weighted by atomic mass is 16.1. The van der Waals surface area contributed by atoms with Crippen LogP contribution in [-0.4, -0.2) is 5.78 Å². The lowest BCUT2D eigenvalue weighted by molar-refractivity contribution is 0.104. The Bertz CT molecular complexity index is 1810. The zero-order valence-electron chi connectivity index (χ0n) is 22.0. The van der Waals surface area contributed by atoms with Crippen LogP contribution >= 0.6 is 0 Å². The summed E-state index contributed by atoms with van der Waals surface area (Å²) in [5.74, 6) is -0.167. The summed E-state index contributed by atoms with van der Waals surface area (Å²) in [6.45, 7) is 6.37. The molecule has 6 rings (SSSR count). The number of fused-ring (bicyclic) bond motifs is 3. The smallest absolute Gasteiger partial charge is 0.194 e. The van der Waals surface area contributed by atoms with E-state index >= 15 is 0 Å². The number of anilines is 3. The summed E-state index contributed by atoms with van der Waals surface area (Å²) in [6.07, 6.45) is 1.82. The van der Waals surface area contributed by atoms with E-state index in [0.29, 0.717) is 22.3 Å². The number of ketones is 1. The SMILES string of the molecule is Cc1ccc2c(c1)C(=O)/C(=C\c1ccc3c(c1)C(C)(C)c1ccccc1N3c1ccccc1)C2=C(C#N)C#N. The Balaban J connectivity index is 1.56. The van der Waals surface area contributed by atoms with Crippen molar-refractivity contribution in [1.82, 2.24) is 0 Å². The van der Waals surface area contributed by atoms with E-state index in [0.717, 1.165) is 33.8 Å². The van der Waals surface area contributed by atoms with Gasteiger partial charge in [-0.25, -0.2) is 0 Å². The quantitative estimate of drug-likeness (QED) is 0.204. The van der Waals surface area contributed by atoms with Gasteiger partial charge in [-0.3, -0.25) is 4.79 Å². The predicted molar refractivity (Wildman–Crippen MR) is 155 cm³/mol. The maximum absolute atomic E-state index is 13.6. The number of para-hydroxylation sites is 2. The van der Waals surface area contributed by atoms with Crippen LogP contribution in [0, 0.1) is 29.6 Å². The van der Waals surface area contributed by atoms with Crippen LogP contribution in [0.5, 0.6) is 0 Å². The first-order chi connectivity index (χ1) is 18.8. The van der Waals surface area contributed by atoms with Crippen molar-refractivity contribution in [1.29, 1.82) is 10.5 Å². The lowest BCUT2D eigenvalue weighted by Crippen LogP contribution is -2.30. The Morgan fingerprint density at radius 1 is 0.795 bits per heavy atom. The standard InChI is InChI=1S/C35H25N3O/c1-22-13-15-26-27(17-22)34(39)28(33(26)24(20-36)21-37)18-23-14-16-32-30(19-23)35(2,3)29-11-7-8-12-31(29)38(32)25-9-5-4-6-10-25/h4-19H,1-3H3/b28-18-. The van der Waals surface area contributed by atoms with Crippen LogP contribution in [-0.2, 0) is 5.41 Å². The molecule has 1 aliphatic heterocycles. The Morgan fingerprint density at radius 3 is 2.23 bits per heavy atom. The Labute approximate surface area is 228 Å². The van der Waals surface area contributed by atoms with E-state index in [1.54, 1.807) is 0 Å². The molecule has 0 fully saturated rings. The molecule has 0 radical (unpaired) electrons. The van der Waals surface area contributed by atoms with Crippen LogP contribution in [0.4, 0.5) is 17.1 Å². The number of aryl methyl sites for hydroxylation is 1. The number of hydrogen-bond acceptors (Lipinski definition) is 4. The molecule has 4 aromatic rings. The van der Waals surface area contributed by atoms with Crippen molar-refractivity contribution in [3.05, 3.63) is 136 Å². The molecule has 0 N–H and O–H groups in total. The average Bonchev–Trinajstić information content (AvgIpc) is 3.21. The van der Waals surface area contributed by atoms with Crippen LogP contribution < -0.4 is 4.90 Å². The van der Waals surface area contributed by atoms with E-state index in [-0.39, 0.29) is 16.8 Å². The molecule has 4 aromatic carbocycles. The van der Waals surface area contributed by atoms with Gasteiger partial charge in [-0.1, -0.05) is 74.0 Å². The van der Waals surface area contributed by atoms with Crippen molar-refractivity contribution in [3.8, 4) is 12.1 Å². The Morgan fingerprint density at radius 2 is 1.49 bits per heavy atom. The maximum Gasteiger partial charge on any atom is 0.194 e. The van der Waals surface area contributed by atoms with Crippen LogP contribution in [0.15, 0.2) is 102 Å². The van der Waals surface area contributed by atoms with Gasteiger partial charge in [-0.05, 0) is 71.7 Å². The van der Waals surface area contributed by atoms with Gasteiger partial charge in [0.2, 0.25) is 0 Å². The van der Waals surface area contributed by atoms with Gasteiger partial charge < -0.3 is 4.90 Å². The second-order valence-corrected chi connectivity index (χ2v) is 10.5. The minimum atomic E-state index is -0.297. The molecule has 2 aliphatic rings. The van der Waals surface area contributed by atoms with Gasteiger partial charge in [0.25, 0.3) is 0 Å². The molecule has 0 aromatic heterocycles. The number of Topliss-reactive ketones (excluding diaryl/α,β-unsaturated/α-hetero) is 1. The van der Waals surface area contributed by atoms with Crippen LogP contribution in [0.3, 0.4) is 0 Å². The first-order valence-electron chi connectivity index (χ1n) is 12.9. The monoisotopic (exact) mass is 503 g/mol. The average molecular weight is 504 g/mol. The highest BCUT2D eigenvalue weighted by Gasteiger charge is 2.37. The molecule has 0 unspecified atom stereocenters. The fourth-order valence-corrected chi connectivity index (χ4v) is 5.84. The molecule has 0 saturated heterocycles. The van der Waals surface area contributed by atoms with Crippen LogP contribution in [0.25, 0.3) is 11.6 Å². The largest absolute Gasteiger partial charge is 0.310 e. The molecular formula is C35H25N3O. The van der Waals surface area contributed by atoms with E-state index in [1.165, 1.54) is 5.56 Å². The topological polar surface area (TPSA) is 67.9 Å². The molecule has 39 heavy (non-hydrogen) atoms. The summed E-state index contributed by atoms with van der Waals surface area (Å²) in [5.41, 5.74) is 9.03. The van der Waals surface area contributed by atoms with Crippen molar-refractivity contribution in [2.24, 2.45) is 0 Å². The second-order valence-electron chi connectivity index (χ2n) is 10.5. The number of carbonyl (C=O) groups is 1. The fraction of sp³-hybridized carbons (Fsp3) is 0.114. The molecule has 4 heteroatoms. The van der Waals surface area contributed by atoms with Gasteiger partial charge in [-0.2, -0.15) is 10.5 Å². The van der Waals surface area contributed by atoms with Gasteiger partial charge in [0, 0.05) is 27.8 Å². The van der Waals surface area contributed by atoms with Gasteiger partial charge in [0.15, 0.2) is 5.78 Å². The molecule has 186 valence electrons. The number of nitriles is 2. The summed E-state index contributed by atoms with van der Waals surface area (Å²) in [6, 6.07) is 34.6. The Hall–Kier alpha value is -5.19. The third-order valence-electron chi connectivity index (χ3n) is 7.76. The van der Waals surface area contributed by atoms with Crippen molar-refractivity contribution < 1.29 is 4.79 Å². The van der Waals surface area contributed by atoms with E-state index < -0.39 is 0 Å². The predicted octanol–water partition coefficient (Wildman–Crippen LogP) is 8.18. The number of hydrogen-bond donors (Lipinski definition) is 0. The van der Waals surface area contributed by atoms with E-state index in [1.807, 2.05) is 67.6 Å². The minimum absolute atomic E-state index is 0.0559. The van der Waals surface area contributed by atoms with E-state index in [2.05, 4.69) is 67.3 Å². The fourth-order valence-electron chi connectivity index (χ4n) is 5.84. The Kier molecular flexibility index (Phi) is 5.56. The number of nitrogens with zero attached hydrogens (tertiary/aromatic N) is 3. The van der Waals surface area contributed by atoms with Gasteiger partial charge in [0.1, 0.15) is 17.7 Å². The van der Waals surface area contributed by atoms with Gasteiger partial charge in [-0.15, -0.1) is 0 Å². The van der Waals surface area contributed by atoms with Crippen molar-refractivity contribution >= 4 is 34.5 Å². The number of rotatable bonds is 2. The van der Waals surface area contributed by atoms with Gasteiger partial charge >= 0.3 is 0 Å². The minimum Gasteiger partial charge on any atom is -0.310 e. The number of benzene rings is 4. The highest BCUT2D eigenvalue weighted by molar-refractivity contribution is 6.30. The zero-order valence-corrected chi connectivity index (χ0v) is 22.0. The van der Waals surface area contributed by atoms with E-state index in [9.17, 15) is 15.3 Å². The summed E-state index contributed by atoms with van der Waals surface area (Å²) in [5, 5.41) is 19.4. The maximum atomic E-state index is 13.6. The molecule has 0 spiro atoms. The van der Waals surface area contributed by atoms with Crippen LogP contribution in [0.2, 0.25) is 0 Å². The third-order valence-corrected chi connectivity index (χ3v) is 7.76. The first kappa shape index (κ1) is 24.2. The molecule has 0 saturated carbocycles. The summed E-state index contributed by atoms with van der Waals surface area (Å²) in [7, 11) is 0. The number of allylic oxidation sites excluding steroid dienone is 3. The van der Waals surface area contributed by atoms with Crippen molar-refractivity contribution in [2.45, 2.75) is 26.2 Å². The molecule has 4 nitrogen and oxygen atoms in total. The van der Waals surface area contributed by atoms with Crippen molar-refractivity contribution in [2.75, 3.05) is 4.90 Å². The first-order valence-corrected chi connectivity index (χ1v) is 12.9. The van der Waals surface area contributed by atoms with Crippen LogP contribution in [0.1, 0.15) is 52.0 Å². The molecule has 0 bridgehead atoms.